The fourth-order valence-corrected chi connectivity index (χ4v) is 4.10. The van der Waals surface area contributed by atoms with Gasteiger partial charge >= 0.3 is 5.97 Å². The molecule has 11 nitrogen and oxygen atoms in total. The molecule has 13 heteroatoms. The SMILES string of the molecule is NCCCCC(NC(=O)C(CS)NC(=O)C(N)Cc1c[nH]c2ccccc12)C(=O)NC(CS)C(=O)O. The van der Waals surface area contributed by atoms with Gasteiger partial charge in [0.15, 0.2) is 0 Å². The van der Waals surface area contributed by atoms with Crippen LogP contribution in [0.5, 0.6) is 0 Å². The van der Waals surface area contributed by atoms with Gasteiger partial charge in [0.1, 0.15) is 18.1 Å². The number of amides is 3. The van der Waals surface area contributed by atoms with Gasteiger partial charge in [-0.2, -0.15) is 25.3 Å². The van der Waals surface area contributed by atoms with Gasteiger partial charge in [0.05, 0.1) is 6.04 Å². The van der Waals surface area contributed by atoms with Gasteiger partial charge in [-0.3, -0.25) is 14.4 Å². The number of hydrogen-bond acceptors (Lipinski definition) is 8. The Morgan fingerprint density at radius 1 is 0.917 bits per heavy atom. The van der Waals surface area contributed by atoms with E-state index in [0.717, 1.165) is 16.5 Å². The van der Waals surface area contributed by atoms with Crippen molar-refractivity contribution in [2.75, 3.05) is 18.1 Å². The lowest BCUT2D eigenvalue weighted by Crippen LogP contribution is -2.58. The molecule has 1 aromatic carbocycles. The standard InChI is InChI=1S/C23H34N6O5S2/c24-8-4-3-7-17(21(31)29-19(12-36)23(33)34)27-22(32)18(11-35)28-20(30)15(25)9-13-10-26-16-6-2-1-5-14(13)16/h1-2,5-6,10,15,17-19,26,35-36H,3-4,7-9,11-12,24-25H2,(H,27,32)(H,28,30)(H,29,31)(H,33,34). The zero-order chi connectivity index (χ0) is 26.7. The number of nitrogens with one attached hydrogen (secondary N) is 4. The highest BCUT2D eigenvalue weighted by molar-refractivity contribution is 7.80. The summed E-state index contributed by atoms with van der Waals surface area (Å²) in [6, 6.07) is 3.42. The third-order valence-electron chi connectivity index (χ3n) is 5.64. The predicted octanol–water partition coefficient (Wildman–Crippen LogP) is -0.435. The van der Waals surface area contributed by atoms with E-state index in [1.807, 2.05) is 24.3 Å². The zero-order valence-corrected chi connectivity index (χ0v) is 21.6. The smallest absolute Gasteiger partial charge is 0.327 e. The number of aromatic nitrogens is 1. The van der Waals surface area contributed by atoms with Crippen molar-refractivity contribution in [3.8, 4) is 0 Å². The number of unbranched alkanes of at least 4 members (excludes halogenated alkanes) is 1. The summed E-state index contributed by atoms with van der Waals surface area (Å²) in [5.41, 5.74) is 13.4. The maximum absolute atomic E-state index is 12.9. The van der Waals surface area contributed by atoms with Gasteiger partial charge in [0, 0.05) is 28.6 Å². The number of carboxylic acid groups (broad SMARTS) is 1. The van der Waals surface area contributed by atoms with Crippen LogP contribution in [0.1, 0.15) is 24.8 Å². The highest BCUT2D eigenvalue weighted by Gasteiger charge is 2.29. The average Bonchev–Trinajstić information content (AvgIpc) is 3.27. The number of thiol groups is 2. The van der Waals surface area contributed by atoms with Crippen LogP contribution in [0.25, 0.3) is 10.9 Å². The van der Waals surface area contributed by atoms with Gasteiger partial charge in [-0.05, 0) is 43.9 Å². The first-order valence-electron chi connectivity index (χ1n) is 11.6. The molecule has 0 spiro atoms. The molecule has 0 saturated heterocycles. The Hall–Kier alpha value is -2.74. The molecular formula is C23H34N6O5S2. The second-order valence-corrected chi connectivity index (χ2v) is 9.07. The molecular weight excluding hydrogens is 504 g/mol. The molecule has 0 bridgehead atoms. The Morgan fingerprint density at radius 2 is 1.53 bits per heavy atom. The van der Waals surface area contributed by atoms with Gasteiger partial charge in [0.25, 0.3) is 0 Å². The van der Waals surface area contributed by atoms with Crippen molar-refractivity contribution in [3.05, 3.63) is 36.0 Å². The Morgan fingerprint density at radius 3 is 2.17 bits per heavy atom. The number of hydrogen-bond donors (Lipinski definition) is 9. The van der Waals surface area contributed by atoms with E-state index >= 15 is 0 Å². The molecule has 3 amide bonds. The quantitative estimate of drug-likeness (QED) is 0.108. The molecule has 9 N–H and O–H groups in total. The number of aliphatic carboxylic acids is 1. The summed E-state index contributed by atoms with van der Waals surface area (Å²) in [4.78, 5) is 52.7. The van der Waals surface area contributed by atoms with Crippen molar-refractivity contribution in [3.63, 3.8) is 0 Å². The van der Waals surface area contributed by atoms with E-state index in [1.165, 1.54) is 0 Å². The molecule has 1 heterocycles. The topological polar surface area (TPSA) is 192 Å². The number of nitrogens with two attached hydrogens (primary N) is 2. The van der Waals surface area contributed by atoms with E-state index < -0.39 is 47.9 Å². The number of carboxylic acids is 1. The largest absolute Gasteiger partial charge is 0.480 e. The Labute approximate surface area is 220 Å². The maximum atomic E-state index is 12.9. The van der Waals surface area contributed by atoms with Crippen LogP contribution in [0.3, 0.4) is 0 Å². The van der Waals surface area contributed by atoms with Crippen LogP contribution < -0.4 is 27.4 Å². The highest BCUT2D eigenvalue weighted by Crippen LogP contribution is 2.18. The van der Waals surface area contributed by atoms with Crippen molar-refractivity contribution < 1.29 is 24.3 Å². The predicted molar refractivity (Wildman–Crippen MR) is 144 cm³/mol. The van der Waals surface area contributed by atoms with E-state index in [0.29, 0.717) is 19.4 Å². The van der Waals surface area contributed by atoms with Crippen LogP contribution >= 0.6 is 25.3 Å². The fourth-order valence-electron chi connectivity index (χ4n) is 3.59. The van der Waals surface area contributed by atoms with Crippen molar-refractivity contribution in [2.24, 2.45) is 11.5 Å². The summed E-state index contributed by atoms with van der Waals surface area (Å²) in [6.07, 6.45) is 3.42. The van der Waals surface area contributed by atoms with Crippen molar-refractivity contribution in [1.29, 1.82) is 0 Å². The van der Waals surface area contributed by atoms with Crippen LogP contribution in [-0.2, 0) is 25.6 Å². The Kier molecular flexibility index (Phi) is 12.1. The molecule has 0 aliphatic heterocycles. The molecule has 2 rings (SSSR count). The Balaban J connectivity index is 2.02. The lowest BCUT2D eigenvalue weighted by atomic mass is 10.0. The average molecular weight is 539 g/mol. The third kappa shape index (κ3) is 8.43. The van der Waals surface area contributed by atoms with Crippen LogP contribution in [-0.4, -0.2) is 76.0 Å². The molecule has 0 aliphatic rings. The van der Waals surface area contributed by atoms with Gasteiger partial charge < -0.3 is 37.5 Å². The molecule has 1 aromatic heterocycles. The van der Waals surface area contributed by atoms with E-state index in [2.05, 4.69) is 46.2 Å². The first kappa shape index (κ1) is 29.5. The zero-order valence-electron chi connectivity index (χ0n) is 19.8. The van der Waals surface area contributed by atoms with Crippen LogP contribution in [0.2, 0.25) is 0 Å². The third-order valence-corrected chi connectivity index (χ3v) is 6.37. The minimum atomic E-state index is -1.24. The summed E-state index contributed by atoms with van der Waals surface area (Å²) in [6.45, 7) is 0.403. The van der Waals surface area contributed by atoms with Crippen molar-refractivity contribution in [1.82, 2.24) is 20.9 Å². The minimum Gasteiger partial charge on any atom is -0.480 e. The van der Waals surface area contributed by atoms with Crippen LogP contribution in [0, 0.1) is 0 Å². The normalized spacial score (nSPS) is 14.4. The molecule has 0 fully saturated rings. The number of para-hydroxylation sites is 1. The van der Waals surface area contributed by atoms with Gasteiger partial charge in [0.2, 0.25) is 17.7 Å². The van der Waals surface area contributed by atoms with E-state index in [1.54, 1.807) is 6.20 Å². The highest BCUT2D eigenvalue weighted by atomic mass is 32.1. The number of carbonyl (C=O) groups is 4. The first-order chi connectivity index (χ1) is 17.2. The van der Waals surface area contributed by atoms with Gasteiger partial charge in [-0.1, -0.05) is 18.2 Å². The molecule has 198 valence electrons. The minimum absolute atomic E-state index is 0.0388. The van der Waals surface area contributed by atoms with Gasteiger partial charge in [-0.25, -0.2) is 4.79 Å². The molecule has 2 aromatic rings. The van der Waals surface area contributed by atoms with Crippen molar-refractivity contribution >= 4 is 59.9 Å². The lowest BCUT2D eigenvalue weighted by molar-refractivity contribution is -0.141. The van der Waals surface area contributed by atoms with Gasteiger partial charge in [-0.15, -0.1) is 0 Å². The summed E-state index contributed by atoms with van der Waals surface area (Å²) >= 11 is 8.10. The fraction of sp³-hybridized carbons (Fsp3) is 0.478. The summed E-state index contributed by atoms with van der Waals surface area (Å²) < 4.78 is 0. The molecule has 0 aliphatic carbocycles. The summed E-state index contributed by atoms with van der Waals surface area (Å²) in [5.74, 6) is -3.24. The van der Waals surface area contributed by atoms with E-state index in [9.17, 15) is 24.3 Å². The summed E-state index contributed by atoms with van der Waals surface area (Å²) in [7, 11) is 0. The summed E-state index contributed by atoms with van der Waals surface area (Å²) in [5, 5.41) is 17.7. The molecule has 0 radical (unpaired) electrons. The van der Waals surface area contributed by atoms with Crippen LogP contribution in [0.15, 0.2) is 30.5 Å². The second-order valence-electron chi connectivity index (χ2n) is 8.34. The van der Waals surface area contributed by atoms with Crippen LogP contribution in [0.4, 0.5) is 0 Å². The second kappa shape index (κ2) is 14.7. The molecule has 0 saturated carbocycles. The monoisotopic (exact) mass is 538 g/mol. The number of aromatic amines is 1. The number of rotatable bonds is 15. The number of carbonyl (C=O) groups excluding carboxylic acids is 3. The van der Waals surface area contributed by atoms with Crippen molar-refractivity contribution in [2.45, 2.75) is 49.9 Å². The molecule has 4 atom stereocenters. The van der Waals surface area contributed by atoms with E-state index in [4.69, 9.17) is 11.5 Å². The molecule has 36 heavy (non-hydrogen) atoms. The first-order valence-corrected chi connectivity index (χ1v) is 12.8. The van der Waals surface area contributed by atoms with E-state index in [-0.39, 0.29) is 24.3 Å². The number of benzene rings is 1. The number of fused-ring (bicyclic) bond motifs is 1. The number of H-pyrrole nitrogens is 1. The maximum Gasteiger partial charge on any atom is 0.327 e. The Bertz CT molecular complexity index is 1050. The molecule has 4 unspecified atom stereocenters. The lowest BCUT2D eigenvalue weighted by Gasteiger charge is -2.24.